The van der Waals surface area contributed by atoms with Crippen LogP contribution in [0.2, 0.25) is 0 Å². The molecule has 1 unspecified atom stereocenters. The molecule has 22 heavy (non-hydrogen) atoms. The summed E-state index contributed by atoms with van der Waals surface area (Å²) in [6.07, 6.45) is 0.968. The Balaban J connectivity index is 1.77. The van der Waals surface area contributed by atoms with Gasteiger partial charge in [0.2, 0.25) is 5.91 Å². The van der Waals surface area contributed by atoms with Crippen molar-refractivity contribution in [2.75, 3.05) is 13.7 Å². The number of halogens is 1. The number of benzene rings is 2. The highest BCUT2D eigenvalue weighted by atomic mass is 19.1. The molecule has 0 saturated heterocycles. The Labute approximate surface area is 129 Å². The fourth-order valence-corrected chi connectivity index (χ4v) is 2.85. The molecule has 0 aromatic heterocycles. The Hall–Kier alpha value is -2.36. The van der Waals surface area contributed by atoms with E-state index in [1.165, 1.54) is 12.1 Å². The van der Waals surface area contributed by atoms with Crippen molar-refractivity contribution in [3.05, 3.63) is 65.5 Å². The van der Waals surface area contributed by atoms with E-state index in [2.05, 4.69) is 0 Å². The first-order chi connectivity index (χ1) is 10.6. The highest BCUT2D eigenvalue weighted by Crippen LogP contribution is 2.35. The first kappa shape index (κ1) is 14.6. The summed E-state index contributed by atoms with van der Waals surface area (Å²) in [7, 11) is 1.80. The summed E-state index contributed by atoms with van der Waals surface area (Å²) in [6, 6.07) is 14.0. The molecule has 1 heterocycles. The Morgan fingerprint density at radius 1 is 1.27 bits per heavy atom. The SMILES string of the molecule is CN(C(=O)Cc1cccc(F)c1)C1CCOc2ccccc21. The number of carbonyl (C=O) groups is 1. The first-order valence-corrected chi connectivity index (χ1v) is 7.37. The monoisotopic (exact) mass is 299 g/mol. The molecule has 3 rings (SSSR count). The van der Waals surface area contributed by atoms with Crippen LogP contribution in [-0.2, 0) is 11.2 Å². The fourth-order valence-electron chi connectivity index (χ4n) is 2.85. The number of hydrogen-bond donors (Lipinski definition) is 0. The van der Waals surface area contributed by atoms with Crippen molar-refractivity contribution in [1.82, 2.24) is 4.90 Å². The lowest BCUT2D eigenvalue weighted by Gasteiger charge is -2.33. The van der Waals surface area contributed by atoms with Crippen LogP contribution in [0.5, 0.6) is 5.75 Å². The van der Waals surface area contributed by atoms with Crippen molar-refractivity contribution in [3.63, 3.8) is 0 Å². The standard InChI is InChI=1S/C18H18FNO2/c1-20(18(21)12-13-5-4-6-14(19)11-13)16-9-10-22-17-8-3-2-7-15(16)17/h2-8,11,16H,9-10,12H2,1H3. The van der Waals surface area contributed by atoms with Crippen LogP contribution in [0.25, 0.3) is 0 Å². The second-order valence-corrected chi connectivity index (χ2v) is 5.50. The number of carbonyl (C=O) groups excluding carboxylic acids is 1. The number of amides is 1. The summed E-state index contributed by atoms with van der Waals surface area (Å²) >= 11 is 0. The molecule has 114 valence electrons. The van der Waals surface area contributed by atoms with E-state index in [1.807, 2.05) is 24.3 Å². The summed E-state index contributed by atoms with van der Waals surface area (Å²) in [4.78, 5) is 14.2. The molecule has 2 aromatic carbocycles. The second kappa shape index (κ2) is 6.18. The van der Waals surface area contributed by atoms with E-state index in [0.29, 0.717) is 12.2 Å². The van der Waals surface area contributed by atoms with Crippen LogP contribution in [0.15, 0.2) is 48.5 Å². The van der Waals surface area contributed by atoms with Crippen molar-refractivity contribution < 1.29 is 13.9 Å². The molecule has 0 N–H and O–H groups in total. The third-order valence-corrected chi connectivity index (χ3v) is 4.03. The van der Waals surface area contributed by atoms with E-state index in [1.54, 1.807) is 24.1 Å². The lowest BCUT2D eigenvalue weighted by Crippen LogP contribution is -2.35. The lowest BCUT2D eigenvalue weighted by atomic mass is 9.98. The molecular weight excluding hydrogens is 281 g/mol. The predicted octanol–water partition coefficient (Wildman–Crippen LogP) is 3.35. The van der Waals surface area contributed by atoms with E-state index in [0.717, 1.165) is 17.7 Å². The van der Waals surface area contributed by atoms with Gasteiger partial charge in [0.1, 0.15) is 11.6 Å². The smallest absolute Gasteiger partial charge is 0.227 e. The van der Waals surface area contributed by atoms with Crippen LogP contribution in [0, 0.1) is 5.82 Å². The zero-order chi connectivity index (χ0) is 15.5. The molecule has 1 aliphatic rings. The molecule has 0 aliphatic carbocycles. The van der Waals surface area contributed by atoms with Gasteiger partial charge in [0.05, 0.1) is 19.1 Å². The van der Waals surface area contributed by atoms with E-state index in [9.17, 15) is 9.18 Å². The predicted molar refractivity (Wildman–Crippen MR) is 82.2 cm³/mol. The largest absolute Gasteiger partial charge is 0.493 e. The molecule has 1 atom stereocenters. The Morgan fingerprint density at radius 2 is 2.09 bits per heavy atom. The van der Waals surface area contributed by atoms with E-state index >= 15 is 0 Å². The molecule has 0 radical (unpaired) electrons. The molecular formula is C18H18FNO2. The molecule has 0 saturated carbocycles. The van der Waals surface area contributed by atoms with Gasteiger partial charge >= 0.3 is 0 Å². The summed E-state index contributed by atoms with van der Waals surface area (Å²) in [5.74, 6) is 0.501. The minimum atomic E-state index is -0.315. The zero-order valence-corrected chi connectivity index (χ0v) is 12.5. The number of likely N-dealkylation sites (N-methyl/N-ethyl adjacent to an activating group) is 1. The van der Waals surface area contributed by atoms with Crippen LogP contribution in [0.1, 0.15) is 23.6 Å². The van der Waals surface area contributed by atoms with Crippen molar-refractivity contribution in [1.29, 1.82) is 0 Å². The van der Waals surface area contributed by atoms with Gasteiger partial charge in [-0.2, -0.15) is 0 Å². The number of para-hydroxylation sites is 1. The quantitative estimate of drug-likeness (QED) is 0.870. The molecule has 1 amide bonds. The topological polar surface area (TPSA) is 29.5 Å². The number of nitrogens with zero attached hydrogens (tertiary/aromatic N) is 1. The molecule has 0 spiro atoms. The Bertz CT molecular complexity index is 686. The van der Waals surface area contributed by atoms with Crippen molar-refractivity contribution in [2.45, 2.75) is 18.9 Å². The van der Waals surface area contributed by atoms with Gasteiger partial charge in [-0.25, -0.2) is 4.39 Å². The average molecular weight is 299 g/mol. The van der Waals surface area contributed by atoms with Crippen LogP contribution in [-0.4, -0.2) is 24.5 Å². The molecule has 3 nitrogen and oxygen atoms in total. The number of rotatable bonds is 3. The Morgan fingerprint density at radius 3 is 2.91 bits per heavy atom. The van der Waals surface area contributed by atoms with Gasteiger partial charge in [-0.1, -0.05) is 30.3 Å². The second-order valence-electron chi connectivity index (χ2n) is 5.50. The van der Waals surface area contributed by atoms with Crippen LogP contribution >= 0.6 is 0 Å². The lowest BCUT2D eigenvalue weighted by molar-refractivity contribution is -0.131. The molecule has 4 heteroatoms. The molecule has 2 aromatic rings. The van der Waals surface area contributed by atoms with E-state index < -0.39 is 0 Å². The van der Waals surface area contributed by atoms with Gasteiger partial charge in [0.25, 0.3) is 0 Å². The van der Waals surface area contributed by atoms with Gasteiger partial charge in [0.15, 0.2) is 0 Å². The maximum Gasteiger partial charge on any atom is 0.227 e. The average Bonchev–Trinajstić information content (AvgIpc) is 2.53. The molecule has 0 fully saturated rings. The zero-order valence-electron chi connectivity index (χ0n) is 12.5. The number of ether oxygens (including phenoxy) is 1. The van der Waals surface area contributed by atoms with Gasteiger partial charge in [-0.3, -0.25) is 4.79 Å². The van der Waals surface area contributed by atoms with Gasteiger partial charge in [-0.15, -0.1) is 0 Å². The summed E-state index contributed by atoms with van der Waals surface area (Å²) in [5, 5.41) is 0. The van der Waals surface area contributed by atoms with Crippen LogP contribution < -0.4 is 4.74 Å². The minimum absolute atomic E-state index is 0.00556. The van der Waals surface area contributed by atoms with E-state index in [-0.39, 0.29) is 24.2 Å². The van der Waals surface area contributed by atoms with E-state index in [4.69, 9.17) is 4.74 Å². The third kappa shape index (κ3) is 2.96. The molecule has 0 bridgehead atoms. The van der Waals surface area contributed by atoms with Gasteiger partial charge in [-0.05, 0) is 23.8 Å². The highest BCUT2D eigenvalue weighted by molar-refractivity contribution is 5.79. The maximum absolute atomic E-state index is 13.2. The van der Waals surface area contributed by atoms with Crippen molar-refractivity contribution >= 4 is 5.91 Å². The highest BCUT2D eigenvalue weighted by Gasteiger charge is 2.27. The van der Waals surface area contributed by atoms with Crippen LogP contribution in [0.4, 0.5) is 4.39 Å². The summed E-state index contributed by atoms with van der Waals surface area (Å²) in [5.41, 5.74) is 1.72. The minimum Gasteiger partial charge on any atom is -0.493 e. The molecule has 1 aliphatic heterocycles. The van der Waals surface area contributed by atoms with Gasteiger partial charge < -0.3 is 9.64 Å². The summed E-state index contributed by atoms with van der Waals surface area (Å²) < 4.78 is 18.9. The fraction of sp³-hybridized carbons (Fsp3) is 0.278. The van der Waals surface area contributed by atoms with Crippen LogP contribution in [0.3, 0.4) is 0 Å². The van der Waals surface area contributed by atoms with Crippen molar-refractivity contribution in [3.8, 4) is 5.75 Å². The first-order valence-electron chi connectivity index (χ1n) is 7.37. The number of hydrogen-bond acceptors (Lipinski definition) is 2. The number of fused-ring (bicyclic) bond motifs is 1. The van der Waals surface area contributed by atoms with Crippen molar-refractivity contribution in [2.24, 2.45) is 0 Å². The third-order valence-electron chi connectivity index (χ3n) is 4.03. The van der Waals surface area contributed by atoms with Gasteiger partial charge in [0, 0.05) is 19.0 Å². The Kier molecular flexibility index (Phi) is 4.09. The maximum atomic E-state index is 13.2. The normalized spacial score (nSPS) is 16.5. The summed E-state index contributed by atoms with van der Waals surface area (Å²) in [6.45, 7) is 0.596.